The molecule has 16 heavy (non-hydrogen) atoms. The minimum atomic E-state index is -0.780. The SMILES string of the molecule is CC(C1[C@H]2CN(C(=O)O)C[C@@H]12)n1cccn1. The molecular weight excluding hydrogens is 206 g/mol. The summed E-state index contributed by atoms with van der Waals surface area (Å²) >= 11 is 0. The van der Waals surface area contributed by atoms with Gasteiger partial charge in [0.15, 0.2) is 0 Å². The second-order valence-corrected chi connectivity index (χ2v) is 4.82. The van der Waals surface area contributed by atoms with Gasteiger partial charge in [-0.25, -0.2) is 4.79 Å². The molecule has 5 nitrogen and oxygen atoms in total. The molecule has 0 radical (unpaired) electrons. The molecule has 1 amide bonds. The number of piperidine rings is 1. The van der Waals surface area contributed by atoms with Crippen molar-refractivity contribution in [1.82, 2.24) is 14.7 Å². The summed E-state index contributed by atoms with van der Waals surface area (Å²) in [5.41, 5.74) is 0. The van der Waals surface area contributed by atoms with Gasteiger partial charge in [0.05, 0.1) is 6.04 Å². The molecule has 2 aliphatic rings. The van der Waals surface area contributed by atoms with Gasteiger partial charge >= 0.3 is 6.09 Å². The zero-order chi connectivity index (χ0) is 11.3. The van der Waals surface area contributed by atoms with Crippen LogP contribution in [-0.2, 0) is 0 Å². The lowest BCUT2D eigenvalue weighted by Crippen LogP contribution is -2.31. The van der Waals surface area contributed by atoms with Crippen molar-refractivity contribution in [3.8, 4) is 0 Å². The van der Waals surface area contributed by atoms with Gasteiger partial charge < -0.3 is 10.0 Å². The highest BCUT2D eigenvalue weighted by Crippen LogP contribution is 2.56. The number of likely N-dealkylation sites (tertiary alicyclic amines) is 1. The summed E-state index contributed by atoms with van der Waals surface area (Å²) in [5.74, 6) is 1.71. The molecule has 0 aromatic carbocycles. The number of amides is 1. The van der Waals surface area contributed by atoms with Crippen LogP contribution < -0.4 is 0 Å². The first-order valence-corrected chi connectivity index (χ1v) is 5.65. The molecule has 3 rings (SSSR count). The van der Waals surface area contributed by atoms with Crippen molar-refractivity contribution in [3.05, 3.63) is 18.5 Å². The lowest BCUT2D eigenvalue weighted by atomic mass is 10.1. The number of hydrogen-bond donors (Lipinski definition) is 1. The maximum atomic E-state index is 10.8. The molecule has 0 spiro atoms. The number of carboxylic acid groups (broad SMARTS) is 1. The molecule has 2 unspecified atom stereocenters. The number of fused-ring (bicyclic) bond motifs is 1. The van der Waals surface area contributed by atoms with Crippen LogP contribution in [0.25, 0.3) is 0 Å². The highest BCUT2D eigenvalue weighted by Gasteiger charge is 2.59. The molecule has 1 aliphatic carbocycles. The number of aromatic nitrogens is 2. The lowest BCUT2D eigenvalue weighted by molar-refractivity contribution is 0.146. The molecule has 2 heterocycles. The van der Waals surface area contributed by atoms with Gasteiger partial charge in [-0.15, -0.1) is 0 Å². The number of nitrogens with zero attached hydrogens (tertiary/aromatic N) is 3. The molecule has 1 aliphatic heterocycles. The summed E-state index contributed by atoms with van der Waals surface area (Å²) in [6, 6.07) is 2.32. The first-order chi connectivity index (χ1) is 7.68. The Morgan fingerprint density at radius 1 is 1.50 bits per heavy atom. The Balaban J connectivity index is 1.64. The summed E-state index contributed by atoms with van der Waals surface area (Å²) in [5, 5.41) is 13.1. The topological polar surface area (TPSA) is 58.4 Å². The van der Waals surface area contributed by atoms with E-state index < -0.39 is 6.09 Å². The standard InChI is InChI=1S/C11H15N3O2/c1-7(14-4-2-3-12-14)10-8-5-13(11(15)16)6-9(8)10/h2-4,7-10H,5-6H2,1H3,(H,15,16)/t7?,8-,9+,10?. The second kappa shape index (κ2) is 3.23. The third kappa shape index (κ3) is 1.31. The maximum Gasteiger partial charge on any atom is 0.407 e. The largest absolute Gasteiger partial charge is 0.465 e. The number of rotatable bonds is 2. The van der Waals surface area contributed by atoms with Gasteiger partial charge in [-0.3, -0.25) is 4.68 Å². The predicted octanol–water partition coefficient (Wildman–Crippen LogP) is 1.30. The van der Waals surface area contributed by atoms with Crippen LogP contribution in [0, 0.1) is 17.8 Å². The first kappa shape index (κ1) is 9.69. The van der Waals surface area contributed by atoms with Crippen LogP contribution in [0.4, 0.5) is 4.79 Å². The van der Waals surface area contributed by atoms with Crippen LogP contribution in [0.2, 0.25) is 0 Å². The van der Waals surface area contributed by atoms with Gasteiger partial charge in [-0.05, 0) is 30.7 Å². The van der Waals surface area contributed by atoms with Crippen molar-refractivity contribution < 1.29 is 9.90 Å². The quantitative estimate of drug-likeness (QED) is 0.818. The fourth-order valence-corrected chi connectivity index (χ4v) is 3.14. The lowest BCUT2D eigenvalue weighted by Gasteiger charge is -2.19. The Bertz CT molecular complexity index is 391. The van der Waals surface area contributed by atoms with Crippen LogP contribution in [0.15, 0.2) is 18.5 Å². The van der Waals surface area contributed by atoms with E-state index in [9.17, 15) is 4.79 Å². The van der Waals surface area contributed by atoms with E-state index >= 15 is 0 Å². The Kier molecular flexibility index (Phi) is 1.96. The summed E-state index contributed by atoms with van der Waals surface area (Å²) in [6.45, 7) is 3.58. The van der Waals surface area contributed by atoms with Gasteiger partial charge in [-0.1, -0.05) is 0 Å². The van der Waals surface area contributed by atoms with Gasteiger partial charge in [0.1, 0.15) is 0 Å². The maximum absolute atomic E-state index is 10.8. The van der Waals surface area contributed by atoms with E-state index in [1.165, 1.54) is 4.90 Å². The average molecular weight is 221 g/mol. The van der Waals surface area contributed by atoms with Crippen LogP contribution >= 0.6 is 0 Å². The van der Waals surface area contributed by atoms with Gasteiger partial charge in [0.2, 0.25) is 0 Å². The van der Waals surface area contributed by atoms with Crippen LogP contribution in [0.5, 0.6) is 0 Å². The zero-order valence-electron chi connectivity index (χ0n) is 9.15. The molecule has 1 N–H and O–H groups in total. The Hall–Kier alpha value is -1.52. The summed E-state index contributed by atoms with van der Waals surface area (Å²) in [6.07, 6.45) is 2.99. The van der Waals surface area contributed by atoms with Gasteiger partial charge in [0, 0.05) is 25.5 Å². The summed E-state index contributed by atoms with van der Waals surface area (Å²) < 4.78 is 1.98. The Morgan fingerprint density at radius 2 is 2.19 bits per heavy atom. The minimum Gasteiger partial charge on any atom is -0.465 e. The second-order valence-electron chi connectivity index (χ2n) is 4.82. The number of hydrogen-bond acceptors (Lipinski definition) is 2. The Morgan fingerprint density at radius 3 is 2.69 bits per heavy atom. The predicted molar refractivity (Wildman–Crippen MR) is 57.0 cm³/mol. The van der Waals surface area contributed by atoms with Gasteiger partial charge in [-0.2, -0.15) is 5.10 Å². The zero-order valence-corrected chi connectivity index (χ0v) is 9.15. The van der Waals surface area contributed by atoms with Crippen molar-refractivity contribution in [1.29, 1.82) is 0 Å². The summed E-state index contributed by atoms with van der Waals surface area (Å²) in [7, 11) is 0. The minimum absolute atomic E-state index is 0.390. The molecule has 2 fully saturated rings. The van der Waals surface area contributed by atoms with Crippen molar-refractivity contribution in [3.63, 3.8) is 0 Å². The third-order valence-corrected chi connectivity index (χ3v) is 4.03. The van der Waals surface area contributed by atoms with E-state index in [1.54, 1.807) is 6.20 Å². The van der Waals surface area contributed by atoms with E-state index in [4.69, 9.17) is 5.11 Å². The normalized spacial score (nSPS) is 33.6. The van der Waals surface area contributed by atoms with E-state index in [0.29, 0.717) is 36.9 Å². The average Bonchev–Trinajstić information content (AvgIpc) is 2.75. The monoisotopic (exact) mass is 221 g/mol. The fraction of sp³-hybridized carbons (Fsp3) is 0.636. The molecule has 1 aromatic heterocycles. The van der Waals surface area contributed by atoms with Crippen LogP contribution in [0.3, 0.4) is 0 Å². The summed E-state index contributed by atoms with van der Waals surface area (Å²) in [4.78, 5) is 12.3. The molecule has 86 valence electrons. The van der Waals surface area contributed by atoms with E-state index in [-0.39, 0.29) is 0 Å². The molecule has 1 saturated heterocycles. The number of carbonyl (C=O) groups is 1. The molecule has 4 atom stereocenters. The Labute approximate surface area is 93.7 Å². The van der Waals surface area contributed by atoms with Crippen molar-refractivity contribution in [2.24, 2.45) is 17.8 Å². The molecule has 5 heteroatoms. The fourth-order valence-electron chi connectivity index (χ4n) is 3.14. The van der Waals surface area contributed by atoms with Crippen molar-refractivity contribution >= 4 is 6.09 Å². The van der Waals surface area contributed by atoms with Crippen molar-refractivity contribution in [2.45, 2.75) is 13.0 Å². The first-order valence-electron chi connectivity index (χ1n) is 5.65. The molecule has 0 bridgehead atoms. The van der Waals surface area contributed by atoms with E-state index in [2.05, 4.69) is 12.0 Å². The van der Waals surface area contributed by atoms with E-state index in [0.717, 1.165) is 0 Å². The highest BCUT2D eigenvalue weighted by atomic mass is 16.4. The highest BCUT2D eigenvalue weighted by molar-refractivity contribution is 5.65. The van der Waals surface area contributed by atoms with Crippen LogP contribution in [0.1, 0.15) is 13.0 Å². The molecule has 1 aromatic rings. The van der Waals surface area contributed by atoms with Crippen LogP contribution in [-0.4, -0.2) is 39.0 Å². The van der Waals surface area contributed by atoms with Crippen molar-refractivity contribution in [2.75, 3.05) is 13.1 Å². The van der Waals surface area contributed by atoms with E-state index in [1.807, 2.05) is 16.9 Å². The van der Waals surface area contributed by atoms with Gasteiger partial charge in [0.25, 0.3) is 0 Å². The molecular formula is C11H15N3O2. The third-order valence-electron chi connectivity index (χ3n) is 4.03. The smallest absolute Gasteiger partial charge is 0.407 e. The molecule has 1 saturated carbocycles.